The van der Waals surface area contributed by atoms with E-state index in [2.05, 4.69) is 10.3 Å². The van der Waals surface area contributed by atoms with Crippen molar-refractivity contribution >= 4 is 16.8 Å². The first kappa shape index (κ1) is 20.8. The number of hydrogen-bond acceptors (Lipinski definition) is 5. The van der Waals surface area contributed by atoms with Crippen LogP contribution in [-0.2, 0) is 12.8 Å². The second-order valence-electron chi connectivity index (χ2n) is 7.80. The molecule has 2 heterocycles. The number of aliphatic hydroxyl groups is 2. The smallest absolute Gasteiger partial charge is 0.349 e. The van der Waals surface area contributed by atoms with Crippen LogP contribution in [0.25, 0.3) is 10.9 Å². The van der Waals surface area contributed by atoms with Gasteiger partial charge in [-0.3, -0.25) is 4.79 Å². The highest BCUT2D eigenvalue weighted by Crippen LogP contribution is 2.19. The van der Waals surface area contributed by atoms with E-state index in [0.717, 1.165) is 16.5 Å². The van der Waals surface area contributed by atoms with Crippen molar-refractivity contribution in [2.45, 2.75) is 45.3 Å². The molecule has 1 atom stereocenters. The lowest BCUT2D eigenvalue weighted by Gasteiger charge is -2.24. The van der Waals surface area contributed by atoms with E-state index in [1.54, 1.807) is 13.0 Å². The van der Waals surface area contributed by atoms with Crippen molar-refractivity contribution in [1.29, 1.82) is 0 Å². The van der Waals surface area contributed by atoms with E-state index in [9.17, 15) is 19.8 Å². The van der Waals surface area contributed by atoms with Gasteiger partial charge in [0.15, 0.2) is 0 Å². The molecular formula is C22H26N2O5. The van der Waals surface area contributed by atoms with Crippen LogP contribution in [0.5, 0.6) is 0 Å². The molecular weight excluding hydrogens is 372 g/mol. The summed E-state index contributed by atoms with van der Waals surface area (Å²) < 4.78 is 5.36. The Bertz CT molecular complexity index is 1070. The van der Waals surface area contributed by atoms with E-state index >= 15 is 0 Å². The topological polar surface area (TPSA) is 116 Å². The van der Waals surface area contributed by atoms with Crippen molar-refractivity contribution in [3.8, 4) is 0 Å². The summed E-state index contributed by atoms with van der Waals surface area (Å²) in [5, 5.41) is 23.2. The first-order valence-electron chi connectivity index (χ1n) is 9.54. The van der Waals surface area contributed by atoms with Crippen LogP contribution in [-0.4, -0.2) is 39.4 Å². The van der Waals surface area contributed by atoms with Gasteiger partial charge < -0.3 is 24.9 Å². The van der Waals surface area contributed by atoms with Crippen LogP contribution < -0.4 is 10.9 Å². The van der Waals surface area contributed by atoms with Crippen molar-refractivity contribution in [2.24, 2.45) is 0 Å². The van der Waals surface area contributed by atoms with E-state index in [0.29, 0.717) is 24.2 Å². The molecule has 0 aliphatic carbocycles. The molecule has 0 bridgehead atoms. The number of hydrogen-bond donors (Lipinski definition) is 4. The van der Waals surface area contributed by atoms with Crippen molar-refractivity contribution in [3.63, 3.8) is 0 Å². The maximum absolute atomic E-state index is 12.4. The van der Waals surface area contributed by atoms with Crippen molar-refractivity contribution in [1.82, 2.24) is 10.3 Å². The lowest BCUT2D eigenvalue weighted by molar-refractivity contribution is -0.0453. The monoisotopic (exact) mass is 398 g/mol. The number of carbonyl (C=O) groups excluding carboxylic acids is 1. The molecule has 1 aromatic carbocycles. The Hall–Kier alpha value is -2.90. The molecule has 1 unspecified atom stereocenters. The number of carbonyl (C=O) groups is 1. The molecule has 3 aromatic rings. The highest BCUT2D eigenvalue weighted by atomic mass is 16.4. The molecule has 0 radical (unpaired) electrons. The Balaban J connectivity index is 1.70. The summed E-state index contributed by atoms with van der Waals surface area (Å²) >= 11 is 0. The summed E-state index contributed by atoms with van der Waals surface area (Å²) in [6, 6.07) is 9.68. The zero-order chi connectivity index (χ0) is 21.2. The molecule has 0 spiro atoms. The zero-order valence-corrected chi connectivity index (χ0v) is 16.8. The zero-order valence-electron chi connectivity index (χ0n) is 16.8. The summed E-state index contributed by atoms with van der Waals surface area (Å²) in [4.78, 5) is 27.9. The molecule has 0 saturated carbocycles. The summed E-state index contributed by atoms with van der Waals surface area (Å²) in [7, 11) is 0. The van der Waals surface area contributed by atoms with Crippen LogP contribution in [0.2, 0.25) is 0 Å². The lowest BCUT2D eigenvalue weighted by Crippen LogP contribution is -2.45. The summed E-state index contributed by atoms with van der Waals surface area (Å²) in [5.74, 6) is -0.131. The van der Waals surface area contributed by atoms with Crippen LogP contribution in [0.15, 0.2) is 45.7 Å². The van der Waals surface area contributed by atoms with E-state index in [1.807, 2.05) is 30.5 Å². The molecule has 2 aromatic heterocycles. The molecule has 154 valence electrons. The van der Waals surface area contributed by atoms with Gasteiger partial charge in [0.1, 0.15) is 11.3 Å². The Morgan fingerprint density at radius 3 is 2.69 bits per heavy atom. The van der Waals surface area contributed by atoms with Gasteiger partial charge >= 0.3 is 5.63 Å². The van der Waals surface area contributed by atoms with Crippen molar-refractivity contribution < 1.29 is 19.4 Å². The number of benzene rings is 1. The average Bonchev–Trinajstić information content (AvgIpc) is 3.06. The standard InChI is InChI=1S/C22H26N2O5/c1-13-10-15(9-8-14-11-23-17-7-5-4-6-16(14)17)29-21(27)19(13)20(26)24-12-18(25)22(2,3)28/h4-7,10-11,18,23,25,28H,8-9,12H2,1-3H3,(H,24,26). The van der Waals surface area contributed by atoms with Gasteiger partial charge in [0, 0.05) is 30.1 Å². The highest BCUT2D eigenvalue weighted by molar-refractivity contribution is 5.95. The van der Waals surface area contributed by atoms with Gasteiger partial charge in [-0.25, -0.2) is 4.79 Å². The second kappa shape index (κ2) is 8.23. The third kappa shape index (κ3) is 4.75. The van der Waals surface area contributed by atoms with Crippen LogP contribution in [0.1, 0.15) is 41.1 Å². The number of aromatic amines is 1. The number of aliphatic hydroxyl groups excluding tert-OH is 1. The van der Waals surface area contributed by atoms with E-state index in [1.165, 1.54) is 13.8 Å². The van der Waals surface area contributed by atoms with Crippen LogP contribution in [0.4, 0.5) is 0 Å². The molecule has 4 N–H and O–H groups in total. The van der Waals surface area contributed by atoms with Crippen LogP contribution in [0, 0.1) is 6.92 Å². The average molecular weight is 398 g/mol. The van der Waals surface area contributed by atoms with Gasteiger partial charge in [-0.15, -0.1) is 0 Å². The van der Waals surface area contributed by atoms with Gasteiger partial charge in [-0.2, -0.15) is 0 Å². The third-order valence-corrected chi connectivity index (χ3v) is 5.01. The first-order valence-corrected chi connectivity index (χ1v) is 9.54. The SMILES string of the molecule is Cc1cc(CCc2c[nH]c3ccccc23)oc(=O)c1C(=O)NCC(O)C(C)(C)O. The quantitative estimate of drug-likeness (QED) is 0.486. The fourth-order valence-corrected chi connectivity index (χ4v) is 3.19. The summed E-state index contributed by atoms with van der Waals surface area (Å²) in [5.41, 5.74) is 0.520. The number of aryl methyl sites for hydroxylation is 3. The van der Waals surface area contributed by atoms with E-state index < -0.39 is 23.2 Å². The van der Waals surface area contributed by atoms with Gasteiger partial charge in [-0.1, -0.05) is 18.2 Å². The normalized spacial score (nSPS) is 12.9. The molecule has 0 aliphatic rings. The lowest BCUT2D eigenvalue weighted by atomic mass is 10.0. The number of fused-ring (bicyclic) bond motifs is 1. The second-order valence-corrected chi connectivity index (χ2v) is 7.80. The number of H-pyrrole nitrogens is 1. The van der Waals surface area contributed by atoms with Gasteiger partial charge in [-0.05, 0) is 50.5 Å². The molecule has 0 fully saturated rings. The minimum atomic E-state index is -1.36. The fraction of sp³-hybridized carbons (Fsp3) is 0.364. The van der Waals surface area contributed by atoms with Gasteiger partial charge in [0.25, 0.3) is 5.91 Å². The van der Waals surface area contributed by atoms with E-state index in [-0.39, 0.29) is 12.1 Å². The number of rotatable bonds is 7. The summed E-state index contributed by atoms with van der Waals surface area (Å²) in [6.07, 6.45) is 2.01. The largest absolute Gasteiger partial charge is 0.427 e. The maximum atomic E-state index is 12.4. The molecule has 7 heteroatoms. The van der Waals surface area contributed by atoms with Crippen LogP contribution >= 0.6 is 0 Å². The van der Waals surface area contributed by atoms with Gasteiger partial charge in [0.2, 0.25) is 0 Å². The van der Waals surface area contributed by atoms with Gasteiger partial charge in [0.05, 0.1) is 11.7 Å². The minimum Gasteiger partial charge on any atom is -0.427 e. The third-order valence-electron chi connectivity index (χ3n) is 5.01. The summed E-state index contributed by atoms with van der Waals surface area (Å²) in [6.45, 7) is 4.37. The molecule has 1 amide bonds. The molecule has 0 saturated heterocycles. The van der Waals surface area contributed by atoms with Crippen molar-refractivity contribution in [3.05, 3.63) is 69.4 Å². The van der Waals surface area contributed by atoms with Crippen LogP contribution in [0.3, 0.4) is 0 Å². The Labute approximate surface area is 168 Å². The number of para-hydroxylation sites is 1. The van der Waals surface area contributed by atoms with Crippen molar-refractivity contribution in [2.75, 3.05) is 6.54 Å². The number of amides is 1. The fourth-order valence-electron chi connectivity index (χ4n) is 3.19. The number of nitrogens with one attached hydrogen (secondary N) is 2. The number of aromatic nitrogens is 1. The molecule has 0 aliphatic heterocycles. The first-order chi connectivity index (χ1) is 13.7. The highest BCUT2D eigenvalue weighted by Gasteiger charge is 2.26. The minimum absolute atomic E-state index is 0.0937. The molecule has 7 nitrogen and oxygen atoms in total. The Kier molecular flexibility index (Phi) is 5.91. The predicted molar refractivity (Wildman–Crippen MR) is 110 cm³/mol. The Morgan fingerprint density at radius 2 is 2.00 bits per heavy atom. The van der Waals surface area contributed by atoms with E-state index in [4.69, 9.17) is 4.42 Å². The molecule has 29 heavy (non-hydrogen) atoms. The predicted octanol–water partition coefficient (Wildman–Crippen LogP) is 2.08. The Morgan fingerprint density at radius 1 is 1.28 bits per heavy atom. The maximum Gasteiger partial charge on any atom is 0.349 e. The molecule has 3 rings (SSSR count).